The lowest BCUT2D eigenvalue weighted by molar-refractivity contribution is 0.103. The second-order valence-corrected chi connectivity index (χ2v) is 5.10. The molecule has 0 atom stereocenters. The zero-order valence-electron chi connectivity index (χ0n) is 11.8. The van der Waals surface area contributed by atoms with Crippen molar-refractivity contribution in [2.45, 2.75) is 39.7 Å². The zero-order chi connectivity index (χ0) is 13.8. The van der Waals surface area contributed by atoms with Gasteiger partial charge in [0.15, 0.2) is 5.78 Å². The summed E-state index contributed by atoms with van der Waals surface area (Å²) in [5, 5.41) is 4.19. The molecular weight excluding hydrogens is 236 g/mol. The first kappa shape index (κ1) is 13.5. The molecule has 0 amide bonds. The molecule has 1 aromatic carbocycles. The third-order valence-electron chi connectivity index (χ3n) is 3.19. The van der Waals surface area contributed by atoms with Crippen molar-refractivity contribution in [3.8, 4) is 0 Å². The summed E-state index contributed by atoms with van der Waals surface area (Å²) >= 11 is 0. The van der Waals surface area contributed by atoms with E-state index in [9.17, 15) is 4.79 Å². The molecule has 0 aliphatic heterocycles. The third kappa shape index (κ3) is 3.11. The van der Waals surface area contributed by atoms with Gasteiger partial charge in [0.25, 0.3) is 0 Å². The lowest BCUT2D eigenvalue weighted by Gasteiger charge is -2.05. The van der Waals surface area contributed by atoms with Gasteiger partial charge in [0.2, 0.25) is 0 Å². The van der Waals surface area contributed by atoms with Crippen LogP contribution >= 0.6 is 0 Å². The Balaban J connectivity index is 2.18. The van der Waals surface area contributed by atoms with Crippen molar-refractivity contribution >= 4 is 5.78 Å². The van der Waals surface area contributed by atoms with Gasteiger partial charge in [0.1, 0.15) is 0 Å². The van der Waals surface area contributed by atoms with Crippen LogP contribution in [0.4, 0.5) is 0 Å². The molecule has 1 aromatic heterocycles. The Morgan fingerprint density at radius 1 is 1.21 bits per heavy atom. The molecule has 2 rings (SSSR count). The molecule has 3 heteroatoms. The van der Waals surface area contributed by atoms with Gasteiger partial charge >= 0.3 is 0 Å². The maximum atomic E-state index is 12.3. The van der Waals surface area contributed by atoms with Gasteiger partial charge in [0.05, 0.1) is 11.8 Å². The number of benzene rings is 1. The highest BCUT2D eigenvalue weighted by Gasteiger charge is 2.11. The Hall–Kier alpha value is -1.90. The lowest BCUT2D eigenvalue weighted by atomic mass is 9.99. The van der Waals surface area contributed by atoms with Crippen molar-refractivity contribution in [1.82, 2.24) is 9.78 Å². The number of hydrogen-bond donors (Lipinski definition) is 0. The van der Waals surface area contributed by atoms with Gasteiger partial charge in [-0.25, -0.2) is 0 Å². The zero-order valence-corrected chi connectivity index (χ0v) is 11.8. The van der Waals surface area contributed by atoms with Gasteiger partial charge in [-0.15, -0.1) is 0 Å². The Morgan fingerprint density at radius 2 is 1.89 bits per heavy atom. The van der Waals surface area contributed by atoms with Gasteiger partial charge < -0.3 is 0 Å². The van der Waals surface area contributed by atoms with E-state index in [2.05, 4.69) is 25.9 Å². The summed E-state index contributed by atoms with van der Waals surface area (Å²) in [7, 11) is 0. The third-order valence-corrected chi connectivity index (χ3v) is 3.19. The van der Waals surface area contributed by atoms with Gasteiger partial charge in [0, 0.05) is 18.3 Å². The van der Waals surface area contributed by atoms with Crippen molar-refractivity contribution in [3.63, 3.8) is 0 Å². The van der Waals surface area contributed by atoms with Crippen LogP contribution in [-0.2, 0) is 6.54 Å². The highest BCUT2D eigenvalue weighted by molar-refractivity contribution is 6.08. The van der Waals surface area contributed by atoms with Crippen molar-refractivity contribution in [1.29, 1.82) is 0 Å². The van der Waals surface area contributed by atoms with Crippen molar-refractivity contribution < 1.29 is 4.79 Å². The second-order valence-electron chi connectivity index (χ2n) is 5.10. The normalized spacial score (nSPS) is 10.9. The van der Waals surface area contributed by atoms with Crippen LogP contribution in [0.25, 0.3) is 0 Å². The quantitative estimate of drug-likeness (QED) is 0.765. The summed E-state index contributed by atoms with van der Waals surface area (Å²) in [4.78, 5) is 12.3. The van der Waals surface area contributed by atoms with E-state index >= 15 is 0 Å². The van der Waals surface area contributed by atoms with E-state index in [-0.39, 0.29) is 5.78 Å². The predicted molar refractivity (Wildman–Crippen MR) is 76.5 cm³/mol. The molecule has 0 saturated carbocycles. The first-order valence-electron chi connectivity index (χ1n) is 6.79. The van der Waals surface area contributed by atoms with E-state index in [1.807, 2.05) is 35.1 Å². The monoisotopic (exact) mass is 256 g/mol. The maximum Gasteiger partial charge on any atom is 0.196 e. The van der Waals surface area contributed by atoms with E-state index in [1.54, 1.807) is 6.20 Å². The number of ketones is 1. The number of carbonyl (C=O) groups excluding carboxylic acids is 1. The van der Waals surface area contributed by atoms with E-state index in [0.29, 0.717) is 11.5 Å². The lowest BCUT2D eigenvalue weighted by Crippen LogP contribution is -2.01. The van der Waals surface area contributed by atoms with E-state index < -0.39 is 0 Å². The number of aryl methyl sites for hydroxylation is 1. The van der Waals surface area contributed by atoms with Crippen LogP contribution in [0.1, 0.15) is 54.6 Å². The minimum atomic E-state index is 0.0395. The fourth-order valence-corrected chi connectivity index (χ4v) is 2.02. The van der Waals surface area contributed by atoms with Crippen LogP contribution in [0.2, 0.25) is 0 Å². The van der Waals surface area contributed by atoms with Crippen LogP contribution < -0.4 is 0 Å². The topological polar surface area (TPSA) is 34.9 Å². The highest BCUT2D eigenvalue weighted by atomic mass is 16.1. The number of nitrogens with zero attached hydrogens (tertiary/aromatic N) is 2. The fourth-order valence-electron chi connectivity index (χ4n) is 2.02. The summed E-state index contributed by atoms with van der Waals surface area (Å²) < 4.78 is 1.82. The molecule has 0 saturated heterocycles. The van der Waals surface area contributed by atoms with Crippen LogP contribution in [-0.4, -0.2) is 15.6 Å². The van der Waals surface area contributed by atoms with Crippen LogP contribution in [0.5, 0.6) is 0 Å². The molecule has 100 valence electrons. The molecule has 0 radical (unpaired) electrons. The van der Waals surface area contributed by atoms with Gasteiger partial charge in [-0.3, -0.25) is 9.48 Å². The molecule has 0 aliphatic carbocycles. The minimum Gasteiger partial charge on any atom is -0.288 e. The Labute approximate surface area is 114 Å². The maximum absolute atomic E-state index is 12.3. The summed E-state index contributed by atoms with van der Waals surface area (Å²) in [6.45, 7) is 7.23. The number of carbonyl (C=O) groups is 1. The first-order valence-corrected chi connectivity index (χ1v) is 6.79. The minimum absolute atomic E-state index is 0.0395. The summed E-state index contributed by atoms with van der Waals surface area (Å²) in [6, 6.07) is 7.84. The average Bonchev–Trinajstić information content (AvgIpc) is 2.87. The van der Waals surface area contributed by atoms with E-state index in [4.69, 9.17) is 0 Å². The SMILES string of the molecule is CCCn1cc(C(=O)c2ccc(C(C)C)cc2)cn1. The molecule has 19 heavy (non-hydrogen) atoms. The molecule has 0 fully saturated rings. The van der Waals surface area contributed by atoms with Crippen molar-refractivity contribution in [2.75, 3.05) is 0 Å². The largest absolute Gasteiger partial charge is 0.288 e. The molecule has 0 unspecified atom stereocenters. The van der Waals surface area contributed by atoms with Crippen LogP contribution in [0, 0.1) is 0 Å². The highest BCUT2D eigenvalue weighted by Crippen LogP contribution is 2.16. The predicted octanol–water partition coefficient (Wildman–Crippen LogP) is 3.65. The number of rotatable bonds is 5. The van der Waals surface area contributed by atoms with Crippen molar-refractivity contribution in [3.05, 3.63) is 53.3 Å². The standard InChI is InChI=1S/C16H20N2O/c1-4-9-18-11-15(10-17-18)16(19)14-7-5-13(6-8-14)12(2)3/h5-8,10-12H,4,9H2,1-3H3. The molecule has 1 heterocycles. The summed E-state index contributed by atoms with van der Waals surface area (Å²) in [5.41, 5.74) is 2.63. The van der Waals surface area contributed by atoms with Crippen LogP contribution in [0.15, 0.2) is 36.7 Å². The van der Waals surface area contributed by atoms with Crippen molar-refractivity contribution in [2.24, 2.45) is 0 Å². The number of aromatic nitrogens is 2. The first-order chi connectivity index (χ1) is 9.11. The smallest absolute Gasteiger partial charge is 0.196 e. The molecule has 0 N–H and O–H groups in total. The van der Waals surface area contributed by atoms with Gasteiger partial charge in [-0.2, -0.15) is 5.10 Å². The van der Waals surface area contributed by atoms with Crippen LogP contribution in [0.3, 0.4) is 0 Å². The van der Waals surface area contributed by atoms with E-state index in [0.717, 1.165) is 18.5 Å². The Kier molecular flexibility index (Phi) is 4.15. The van der Waals surface area contributed by atoms with Gasteiger partial charge in [-0.1, -0.05) is 45.0 Å². The molecule has 0 bridgehead atoms. The molecule has 3 nitrogen and oxygen atoms in total. The average molecular weight is 256 g/mol. The molecule has 0 spiro atoms. The molecule has 0 aliphatic rings. The Morgan fingerprint density at radius 3 is 2.47 bits per heavy atom. The van der Waals surface area contributed by atoms with E-state index in [1.165, 1.54) is 5.56 Å². The molecule has 2 aromatic rings. The summed E-state index contributed by atoms with van der Waals surface area (Å²) in [5.74, 6) is 0.522. The fraction of sp³-hybridized carbons (Fsp3) is 0.375. The van der Waals surface area contributed by atoms with Gasteiger partial charge in [-0.05, 0) is 17.9 Å². The Bertz CT molecular complexity index is 552. The number of hydrogen-bond acceptors (Lipinski definition) is 2. The summed E-state index contributed by atoms with van der Waals surface area (Å²) in [6.07, 6.45) is 4.48. The second kappa shape index (κ2) is 5.83. The molecular formula is C16H20N2O.